The molecular weight excluding hydrogens is 416 g/mol. The van der Waals surface area contributed by atoms with Crippen LogP contribution in [0.4, 0.5) is 11.4 Å². The smallest absolute Gasteiger partial charge is 0.282 e. The summed E-state index contributed by atoms with van der Waals surface area (Å²) in [5.74, 6) is 0.450. The summed E-state index contributed by atoms with van der Waals surface area (Å²) in [5, 5.41) is 3.25. The molecule has 1 aliphatic rings. The first-order chi connectivity index (χ1) is 15.9. The van der Waals surface area contributed by atoms with E-state index in [0.29, 0.717) is 34.9 Å². The summed E-state index contributed by atoms with van der Waals surface area (Å²) in [4.78, 5) is 28.4. The van der Waals surface area contributed by atoms with Crippen LogP contribution in [-0.4, -0.2) is 25.5 Å². The zero-order valence-corrected chi connectivity index (χ0v) is 19.1. The minimum atomic E-state index is -0.416. The van der Waals surface area contributed by atoms with Crippen LogP contribution in [0.2, 0.25) is 0 Å². The number of nitrogens with zero attached hydrogens (tertiary/aromatic N) is 1. The molecule has 0 radical (unpaired) electrons. The zero-order chi connectivity index (χ0) is 23.5. The van der Waals surface area contributed by atoms with Crippen LogP contribution in [0, 0.1) is 13.8 Å². The van der Waals surface area contributed by atoms with Gasteiger partial charge >= 0.3 is 0 Å². The van der Waals surface area contributed by atoms with Gasteiger partial charge in [-0.2, -0.15) is 0 Å². The van der Waals surface area contributed by atoms with Gasteiger partial charge < -0.3 is 14.8 Å². The maximum absolute atomic E-state index is 13.6. The Bertz CT molecular complexity index is 1250. The fourth-order valence-corrected chi connectivity index (χ4v) is 3.81. The lowest BCUT2D eigenvalue weighted by atomic mass is 10.0. The molecule has 6 nitrogen and oxygen atoms in total. The number of imide groups is 1. The average Bonchev–Trinajstić information content (AvgIpc) is 3.06. The molecule has 6 heteroatoms. The number of hydrogen-bond donors (Lipinski definition) is 1. The first-order valence-electron chi connectivity index (χ1n) is 10.8. The molecule has 3 aromatic carbocycles. The fourth-order valence-electron chi connectivity index (χ4n) is 3.81. The second-order valence-electron chi connectivity index (χ2n) is 7.73. The third kappa shape index (κ3) is 4.20. The molecule has 0 fully saturated rings. The highest BCUT2D eigenvalue weighted by atomic mass is 16.5. The molecular formula is C27H26N2O4. The zero-order valence-electron chi connectivity index (χ0n) is 19.1. The Morgan fingerprint density at radius 2 is 1.61 bits per heavy atom. The normalized spacial score (nSPS) is 13.5. The van der Waals surface area contributed by atoms with Gasteiger partial charge in [-0.25, -0.2) is 4.90 Å². The van der Waals surface area contributed by atoms with Crippen molar-refractivity contribution in [1.82, 2.24) is 0 Å². The van der Waals surface area contributed by atoms with Gasteiger partial charge in [0, 0.05) is 11.8 Å². The van der Waals surface area contributed by atoms with E-state index >= 15 is 0 Å². The van der Waals surface area contributed by atoms with Crippen molar-refractivity contribution in [3.8, 4) is 11.5 Å². The van der Waals surface area contributed by atoms with Gasteiger partial charge in [-0.05, 0) is 67.8 Å². The molecule has 0 atom stereocenters. The van der Waals surface area contributed by atoms with E-state index in [4.69, 9.17) is 9.47 Å². The maximum atomic E-state index is 13.6. The van der Waals surface area contributed by atoms with Crippen molar-refractivity contribution in [1.29, 1.82) is 0 Å². The third-order valence-electron chi connectivity index (χ3n) is 5.71. The van der Waals surface area contributed by atoms with E-state index in [2.05, 4.69) is 5.32 Å². The van der Waals surface area contributed by atoms with Crippen LogP contribution in [0.25, 0.3) is 5.57 Å². The second-order valence-corrected chi connectivity index (χ2v) is 7.73. The Morgan fingerprint density at radius 3 is 2.30 bits per heavy atom. The summed E-state index contributed by atoms with van der Waals surface area (Å²) >= 11 is 0. The number of benzene rings is 3. The van der Waals surface area contributed by atoms with Gasteiger partial charge in [0.1, 0.15) is 17.2 Å². The molecule has 168 valence electrons. The number of methoxy groups -OCH3 is 1. The average molecular weight is 443 g/mol. The highest BCUT2D eigenvalue weighted by molar-refractivity contribution is 6.46. The Morgan fingerprint density at radius 1 is 0.879 bits per heavy atom. The van der Waals surface area contributed by atoms with Crippen molar-refractivity contribution in [2.75, 3.05) is 23.9 Å². The van der Waals surface area contributed by atoms with Gasteiger partial charge in [-0.3, -0.25) is 9.59 Å². The Balaban J connectivity index is 1.82. The van der Waals surface area contributed by atoms with E-state index in [1.807, 2.05) is 39.0 Å². The first-order valence-corrected chi connectivity index (χ1v) is 10.8. The molecule has 1 N–H and O–H groups in total. The van der Waals surface area contributed by atoms with E-state index in [1.54, 1.807) is 55.6 Å². The molecule has 0 aliphatic carbocycles. The number of amides is 2. The minimum absolute atomic E-state index is 0.237. The van der Waals surface area contributed by atoms with Crippen LogP contribution >= 0.6 is 0 Å². The Kier molecular flexibility index (Phi) is 6.18. The topological polar surface area (TPSA) is 67.9 Å². The van der Waals surface area contributed by atoms with Crippen molar-refractivity contribution in [3.05, 3.63) is 89.1 Å². The number of hydrogen-bond acceptors (Lipinski definition) is 5. The molecule has 0 saturated carbocycles. The number of nitrogens with one attached hydrogen (secondary N) is 1. The molecule has 0 saturated heterocycles. The second kappa shape index (κ2) is 9.20. The van der Waals surface area contributed by atoms with E-state index in [-0.39, 0.29) is 5.70 Å². The number of ether oxygens (including phenoxy) is 2. The van der Waals surface area contributed by atoms with Gasteiger partial charge in [-0.1, -0.05) is 30.3 Å². The van der Waals surface area contributed by atoms with Gasteiger partial charge in [0.25, 0.3) is 11.8 Å². The van der Waals surface area contributed by atoms with Gasteiger partial charge in [-0.15, -0.1) is 0 Å². The van der Waals surface area contributed by atoms with Crippen molar-refractivity contribution in [2.24, 2.45) is 0 Å². The van der Waals surface area contributed by atoms with E-state index < -0.39 is 11.8 Å². The summed E-state index contributed by atoms with van der Waals surface area (Å²) < 4.78 is 10.8. The van der Waals surface area contributed by atoms with Crippen LogP contribution in [0.5, 0.6) is 11.5 Å². The summed E-state index contributed by atoms with van der Waals surface area (Å²) in [5.41, 5.74) is 4.51. The van der Waals surface area contributed by atoms with Gasteiger partial charge in [0.2, 0.25) is 0 Å². The third-order valence-corrected chi connectivity index (χ3v) is 5.71. The molecule has 0 unspecified atom stereocenters. The SMILES string of the molecule is CCOc1cccc(N2C(=O)C(Nc3cccc(C)c3C)=C(c3ccc(OC)cc3)C2=O)c1. The van der Waals surface area contributed by atoms with E-state index in [1.165, 1.54) is 4.90 Å². The molecule has 0 aromatic heterocycles. The predicted octanol–water partition coefficient (Wildman–Crippen LogP) is 5.11. The summed E-state index contributed by atoms with van der Waals surface area (Å²) in [7, 11) is 1.58. The summed E-state index contributed by atoms with van der Waals surface area (Å²) in [6.07, 6.45) is 0. The van der Waals surface area contributed by atoms with Crippen molar-refractivity contribution in [3.63, 3.8) is 0 Å². The summed E-state index contributed by atoms with van der Waals surface area (Å²) in [6, 6.07) is 19.9. The highest BCUT2D eigenvalue weighted by Crippen LogP contribution is 2.36. The predicted molar refractivity (Wildman–Crippen MR) is 130 cm³/mol. The van der Waals surface area contributed by atoms with E-state index in [9.17, 15) is 9.59 Å². The highest BCUT2D eigenvalue weighted by Gasteiger charge is 2.40. The lowest BCUT2D eigenvalue weighted by Gasteiger charge is -2.17. The first kappa shape index (κ1) is 22.1. The number of carbonyl (C=O) groups excluding carboxylic acids is 2. The van der Waals surface area contributed by atoms with Crippen LogP contribution in [-0.2, 0) is 9.59 Å². The Hall–Kier alpha value is -4.06. The standard InChI is InChI=1S/C27H26N2O4/c1-5-33-22-10-7-9-20(16-22)29-26(30)24(19-12-14-21(32-4)15-13-19)25(27(29)31)28-23-11-6-8-17(2)18(23)3/h6-16,28H,5H2,1-4H3. The molecule has 1 aliphatic heterocycles. The Labute approximate surface area is 193 Å². The van der Waals surface area contributed by atoms with Crippen LogP contribution in [0.3, 0.4) is 0 Å². The minimum Gasteiger partial charge on any atom is -0.497 e. The number of anilines is 2. The quantitative estimate of drug-likeness (QED) is 0.515. The molecule has 4 rings (SSSR count). The van der Waals surface area contributed by atoms with E-state index in [0.717, 1.165) is 16.8 Å². The van der Waals surface area contributed by atoms with Crippen LogP contribution in [0.1, 0.15) is 23.6 Å². The number of carbonyl (C=O) groups is 2. The van der Waals surface area contributed by atoms with Gasteiger partial charge in [0.15, 0.2) is 0 Å². The van der Waals surface area contributed by atoms with Crippen molar-refractivity contribution < 1.29 is 19.1 Å². The molecule has 0 spiro atoms. The van der Waals surface area contributed by atoms with Crippen molar-refractivity contribution in [2.45, 2.75) is 20.8 Å². The van der Waals surface area contributed by atoms with Crippen LogP contribution in [0.15, 0.2) is 72.4 Å². The maximum Gasteiger partial charge on any atom is 0.282 e. The van der Waals surface area contributed by atoms with Gasteiger partial charge in [0.05, 0.1) is 25.0 Å². The lowest BCUT2D eigenvalue weighted by molar-refractivity contribution is -0.120. The fraction of sp³-hybridized carbons (Fsp3) is 0.185. The number of aryl methyl sites for hydroxylation is 1. The number of rotatable bonds is 7. The monoisotopic (exact) mass is 442 g/mol. The largest absolute Gasteiger partial charge is 0.497 e. The molecule has 2 amide bonds. The molecule has 33 heavy (non-hydrogen) atoms. The molecule has 1 heterocycles. The summed E-state index contributed by atoms with van der Waals surface area (Å²) in [6.45, 7) is 6.36. The molecule has 3 aromatic rings. The van der Waals surface area contributed by atoms with Crippen molar-refractivity contribution >= 4 is 28.8 Å². The van der Waals surface area contributed by atoms with Crippen LogP contribution < -0.4 is 19.7 Å². The molecule has 0 bridgehead atoms. The lowest BCUT2D eigenvalue weighted by Crippen LogP contribution is -2.32.